The number of nitrogens with zero attached hydrogens (tertiary/aromatic N) is 1. The summed E-state index contributed by atoms with van der Waals surface area (Å²) in [5, 5.41) is 0. The monoisotopic (exact) mass is 173 g/mol. The molecular weight excluding hydrogens is 150 g/mol. The van der Waals surface area contributed by atoms with Gasteiger partial charge in [0.1, 0.15) is 0 Å². The van der Waals surface area contributed by atoms with Gasteiger partial charge in [0.05, 0.1) is 12.7 Å². The van der Waals surface area contributed by atoms with Crippen LogP contribution in [0.5, 0.6) is 0 Å². The lowest BCUT2D eigenvalue weighted by atomic mass is 10.2. The molecule has 1 atom stereocenters. The van der Waals surface area contributed by atoms with Crippen molar-refractivity contribution in [3.05, 3.63) is 0 Å². The molecular formula is C10H23NO. The minimum Gasteiger partial charge on any atom is -0.376 e. The fraction of sp³-hybridized carbons (Fsp3) is 1.00. The van der Waals surface area contributed by atoms with Gasteiger partial charge >= 0.3 is 0 Å². The SMILES string of the molecule is CCC.CCC1CN(C)CCO1. The highest BCUT2D eigenvalue weighted by Gasteiger charge is 2.14. The van der Waals surface area contributed by atoms with Crippen LogP contribution in [0.4, 0.5) is 0 Å². The summed E-state index contributed by atoms with van der Waals surface area (Å²) in [5.41, 5.74) is 0. The fourth-order valence-electron chi connectivity index (χ4n) is 1.11. The Kier molecular flexibility index (Phi) is 7.51. The molecule has 1 aliphatic heterocycles. The molecule has 1 fully saturated rings. The lowest BCUT2D eigenvalue weighted by molar-refractivity contribution is -0.0206. The second kappa shape index (κ2) is 7.56. The maximum atomic E-state index is 5.46. The predicted octanol–water partition coefficient (Wildman–Crippen LogP) is 2.14. The van der Waals surface area contributed by atoms with E-state index in [2.05, 4.69) is 32.7 Å². The summed E-state index contributed by atoms with van der Waals surface area (Å²) in [5.74, 6) is 0. The third-order valence-electron chi connectivity index (χ3n) is 1.80. The summed E-state index contributed by atoms with van der Waals surface area (Å²) in [7, 11) is 2.14. The fourth-order valence-corrected chi connectivity index (χ4v) is 1.11. The summed E-state index contributed by atoms with van der Waals surface area (Å²) in [4.78, 5) is 2.32. The highest BCUT2D eigenvalue weighted by molar-refractivity contribution is 4.66. The molecule has 0 saturated carbocycles. The van der Waals surface area contributed by atoms with E-state index in [1.807, 2.05) is 0 Å². The quantitative estimate of drug-likeness (QED) is 0.602. The lowest BCUT2D eigenvalue weighted by Gasteiger charge is -2.29. The Morgan fingerprint density at radius 3 is 2.25 bits per heavy atom. The standard InChI is InChI=1S/C7H15NO.C3H8/c1-3-7-6-8(2)4-5-9-7;1-3-2/h7H,3-6H2,1-2H3;3H2,1-2H3. The van der Waals surface area contributed by atoms with E-state index in [9.17, 15) is 0 Å². The Labute approximate surface area is 76.9 Å². The number of likely N-dealkylation sites (N-methyl/N-ethyl adjacent to an activating group) is 1. The van der Waals surface area contributed by atoms with E-state index in [0.29, 0.717) is 6.10 Å². The molecule has 2 nitrogen and oxygen atoms in total. The summed E-state index contributed by atoms with van der Waals surface area (Å²) in [6.07, 6.45) is 2.88. The second-order valence-electron chi connectivity index (χ2n) is 3.37. The van der Waals surface area contributed by atoms with Crippen molar-refractivity contribution in [1.82, 2.24) is 4.90 Å². The molecule has 1 saturated heterocycles. The van der Waals surface area contributed by atoms with Crippen LogP contribution in [0, 0.1) is 0 Å². The average Bonchev–Trinajstić information content (AvgIpc) is 2.06. The maximum absolute atomic E-state index is 5.46. The van der Waals surface area contributed by atoms with E-state index in [4.69, 9.17) is 4.74 Å². The highest BCUT2D eigenvalue weighted by atomic mass is 16.5. The van der Waals surface area contributed by atoms with Crippen molar-refractivity contribution in [2.45, 2.75) is 39.7 Å². The van der Waals surface area contributed by atoms with Gasteiger partial charge in [-0.1, -0.05) is 27.2 Å². The van der Waals surface area contributed by atoms with Gasteiger partial charge in [0.2, 0.25) is 0 Å². The predicted molar refractivity (Wildman–Crippen MR) is 53.5 cm³/mol. The van der Waals surface area contributed by atoms with Crippen LogP contribution in [-0.2, 0) is 4.74 Å². The third kappa shape index (κ3) is 5.56. The van der Waals surface area contributed by atoms with Crippen LogP contribution in [-0.4, -0.2) is 37.7 Å². The van der Waals surface area contributed by atoms with Gasteiger partial charge in [-0.25, -0.2) is 0 Å². The van der Waals surface area contributed by atoms with Gasteiger partial charge < -0.3 is 9.64 Å². The molecule has 74 valence electrons. The summed E-state index contributed by atoms with van der Waals surface area (Å²) in [6.45, 7) is 9.53. The zero-order chi connectivity index (χ0) is 9.40. The van der Waals surface area contributed by atoms with Crippen molar-refractivity contribution in [1.29, 1.82) is 0 Å². The zero-order valence-corrected chi connectivity index (χ0v) is 8.97. The van der Waals surface area contributed by atoms with Crippen LogP contribution in [0.1, 0.15) is 33.6 Å². The Bertz CT molecular complexity index is 95.8. The van der Waals surface area contributed by atoms with Gasteiger partial charge in [-0.05, 0) is 13.5 Å². The van der Waals surface area contributed by atoms with Crippen LogP contribution >= 0.6 is 0 Å². The van der Waals surface area contributed by atoms with Crippen LogP contribution < -0.4 is 0 Å². The second-order valence-corrected chi connectivity index (χ2v) is 3.37. The molecule has 0 spiro atoms. The van der Waals surface area contributed by atoms with E-state index >= 15 is 0 Å². The smallest absolute Gasteiger partial charge is 0.0699 e. The molecule has 0 aromatic rings. The summed E-state index contributed by atoms with van der Waals surface area (Å²) >= 11 is 0. The van der Waals surface area contributed by atoms with E-state index in [1.54, 1.807) is 0 Å². The average molecular weight is 173 g/mol. The van der Waals surface area contributed by atoms with Crippen molar-refractivity contribution < 1.29 is 4.74 Å². The molecule has 1 aliphatic rings. The van der Waals surface area contributed by atoms with Crippen molar-refractivity contribution >= 4 is 0 Å². The molecule has 1 rings (SSSR count). The summed E-state index contributed by atoms with van der Waals surface area (Å²) < 4.78 is 5.46. The first-order chi connectivity index (χ1) is 5.74. The van der Waals surface area contributed by atoms with Gasteiger partial charge in [0, 0.05) is 13.1 Å². The molecule has 0 bridgehead atoms. The maximum Gasteiger partial charge on any atom is 0.0699 e. The first-order valence-electron chi connectivity index (χ1n) is 5.04. The van der Waals surface area contributed by atoms with Crippen molar-refractivity contribution in [3.8, 4) is 0 Å². The molecule has 0 aromatic carbocycles. The van der Waals surface area contributed by atoms with Gasteiger partial charge in [-0.3, -0.25) is 0 Å². The molecule has 0 N–H and O–H groups in total. The van der Waals surface area contributed by atoms with Crippen LogP contribution in [0.25, 0.3) is 0 Å². The topological polar surface area (TPSA) is 12.5 Å². The number of ether oxygens (including phenoxy) is 1. The Morgan fingerprint density at radius 1 is 1.33 bits per heavy atom. The minimum atomic E-state index is 0.490. The van der Waals surface area contributed by atoms with Crippen molar-refractivity contribution in [2.24, 2.45) is 0 Å². The third-order valence-corrected chi connectivity index (χ3v) is 1.80. The van der Waals surface area contributed by atoms with Gasteiger partial charge in [0.15, 0.2) is 0 Å². The minimum absolute atomic E-state index is 0.490. The molecule has 0 aromatic heterocycles. The number of morpholine rings is 1. The zero-order valence-electron chi connectivity index (χ0n) is 8.97. The van der Waals surface area contributed by atoms with Crippen LogP contribution in [0.2, 0.25) is 0 Å². The van der Waals surface area contributed by atoms with E-state index < -0.39 is 0 Å². The molecule has 0 aliphatic carbocycles. The molecule has 0 radical (unpaired) electrons. The first kappa shape index (κ1) is 11.9. The lowest BCUT2D eigenvalue weighted by Crippen LogP contribution is -2.39. The van der Waals surface area contributed by atoms with Gasteiger partial charge in [-0.2, -0.15) is 0 Å². The Balaban J connectivity index is 0.000000354. The molecule has 0 amide bonds. The summed E-state index contributed by atoms with van der Waals surface area (Å²) in [6, 6.07) is 0. The van der Waals surface area contributed by atoms with Crippen LogP contribution in [0.15, 0.2) is 0 Å². The van der Waals surface area contributed by atoms with E-state index in [0.717, 1.165) is 26.1 Å². The molecule has 12 heavy (non-hydrogen) atoms. The highest BCUT2D eigenvalue weighted by Crippen LogP contribution is 2.04. The normalized spacial score (nSPS) is 24.5. The number of hydrogen-bond acceptors (Lipinski definition) is 2. The van der Waals surface area contributed by atoms with Gasteiger partial charge in [0.25, 0.3) is 0 Å². The largest absolute Gasteiger partial charge is 0.376 e. The Morgan fingerprint density at radius 2 is 1.92 bits per heavy atom. The van der Waals surface area contributed by atoms with Crippen molar-refractivity contribution in [3.63, 3.8) is 0 Å². The number of rotatable bonds is 1. The van der Waals surface area contributed by atoms with E-state index in [1.165, 1.54) is 6.42 Å². The van der Waals surface area contributed by atoms with E-state index in [-0.39, 0.29) is 0 Å². The van der Waals surface area contributed by atoms with Crippen LogP contribution in [0.3, 0.4) is 0 Å². The molecule has 1 heterocycles. The molecule has 2 heteroatoms. The van der Waals surface area contributed by atoms with Crippen molar-refractivity contribution in [2.75, 3.05) is 26.7 Å². The Hall–Kier alpha value is -0.0800. The number of hydrogen-bond donors (Lipinski definition) is 0. The molecule has 1 unspecified atom stereocenters. The first-order valence-corrected chi connectivity index (χ1v) is 5.04. The van der Waals surface area contributed by atoms with Gasteiger partial charge in [-0.15, -0.1) is 0 Å².